The molecule has 0 bridgehead atoms. The number of anilines is 1. The zero-order valence-electron chi connectivity index (χ0n) is 25.7. The first-order valence-corrected chi connectivity index (χ1v) is 15.0. The number of aromatic nitrogens is 4. The molecule has 1 unspecified atom stereocenters. The Balaban J connectivity index is 1.32. The Hall–Kier alpha value is -4.65. The number of piperidine rings is 1. The zero-order valence-corrected chi connectivity index (χ0v) is 25.7. The zero-order chi connectivity index (χ0) is 32.6. The Morgan fingerprint density at radius 1 is 1.09 bits per heavy atom. The highest BCUT2D eigenvalue weighted by Crippen LogP contribution is 2.43. The van der Waals surface area contributed by atoms with Crippen LogP contribution in [0.3, 0.4) is 0 Å². The quantitative estimate of drug-likeness (QED) is 0.253. The second kappa shape index (κ2) is 12.3. The molecule has 4 aromatic rings. The smallest absolute Gasteiger partial charge is 0.429 e. The highest BCUT2D eigenvalue weighted by molar-refractivity contribution is 5.74. The molecule has 46 heavy (non-hydrogen) atoms. The monoisotopic (exact) mass is 636 g/mol. The van der Waals surface area contributed by atoms with Gasteiger partial charge in [0.1, 0.15) is 23.4 Å². The van der Waals surface area contributed by atoms with Gasteiger partial charge < -0.3 is 24.8 Å². The molecule has 2 fully saturated rings. The highest BCUT2D eigenvalue weighted by atomic mass is 19.4. The number of hydrogen-bond acceptors (Lipinski definition) is 8. The number of rotatable bonds is 8. The number of carboxylic acids is 1. The van der Waals surface area contributed by atoms with Crippen LogP contribution in [0, 0.1) is 19.3 Å². The molecule has 0 amide bonds. The minimum Gasteiger partial charge on any atom is -0.496 e. The lowest BCUT2D eigenvalue weighted by Crippen LogP contribution is -2.41. The summed E-state index contributed by atoms with van der Waals surface area (Å²) in [6, 6.07) is 14.5. The summed E-state index contributed by atoms with van der Waals surface area (Å²) in [5.74, 6) is 0.270. The Morgan fingerprint density at radius 3 is 2.50 bits per heavy atom. The number of methoxy groups -OCH3 is 1. The van der Waals surface area contributed by atoms with Gasteiger partial charge in [0.05, 0.1) is 18.5 Å². The molecular weight excluding hydrogens is 601 g/mol. The van der Waals surface area contributed by atoms with Crippen molar-refractivity contribution >= 4 is 11.8 Å². The predicted octanol–water partition coefficient (Wildman–Crippen LogP) is 5.67. The van der Waals surface area contributed by atoms with Gasteiger partial charge in [0.2, 0.25) is 12.0 Å². The van der Waals surface area contributed by atoms with Crippen LogP contribution in [0.25, 0.3) is 16.8 Å². The summed E-state index contributed by atoms with van der Waals surface area (Å²) in [6.07, 6.45) is -3.52. The summed E-state index contributed by atoms with van der Waals surface area (Å²) in [4.78, 5) is 22.2. The van der Waals surface area contributed by atoms with E-state index >= 15 is 0 Å². The fraction of sp³-hybridized carbons (Fsp3) is 0.394. The van der Waals surface area contributed by atoms with E-state index in [1.165, 1.54) is 16.8 Å². The van der Waals surface area contributed by atoms with Crippen molar-refractivity contribution in [3.8, 4) is 28.4 Å². The van der Waals surface area contributed by atoms with E-state index < -0.39 is 24.3 Å². The van der Waals surface area contributed by atoms with Gasteiger partial charge in [-0.1, -0.05) is 30.3 Å². The van der Waals surface area contributed by atoms with Gasteiger partial charge in [-0.25, -0.2) is 9.67 Å². The lowest BCUT2D eigenvalue weighted by molar-refractivity contribution is -0.198. The molecule has 2 N–H and O–H groups in total. The Labute approximate surface area is 264 Å². The van der Waals surface area contributed by atoms with Crippen molar-refractivity contribution in [3.63, 3.8) is 0 Å². The van der Waals surface area contributed by atoms with Gasteiger partial charge in [0.25, 0.3) is 0 Å². The number of ether oxygens (including phenoxy) is 2. The summed E-state index contributed by atoms with van der Waals surface area (Å²) in [7, 11) is 1.54. The molecule has 1 spiro atoms. The largest absolute Gasteiger partial charge is 0.496 e. The van der Waals surface area contributed by atoms with Gasteiger partial charge in [0, 0.05) is 43.0 Å². The second-order valence-electron chi connectivity index (χ2n) is 12.0. The average molecular weight is 637 g/mol. The maximum Gasteiger partial charge on any atom is 0.429 e. The number of benzene rings is 2. The summed E-state index contributed by atoms with van der Waals surface area (Å²) in [5.41, 5.74) is 1.96. The molecule has 2 atom stereocenters. The third-order valence-electron chi connectivity index (χ3n) is 8.84. The number of nitrogens with zero attached hydrogens (tertiary/aromatic N) is 5. The van der Waals surface area contributed by atoms with Gasteiger partial charge in [-0.15, -0.1) is 0 Å². The van der Waals surface area contributed by atoms with E-state index in [1.54, 1.807) is 51.4 Å². The fourth-order valence-corrected chi connectivity index (χ4v) is 6.42. The summed E-state index contributed by atoms with van der Waals surface area (Å²) in [5, 5.41) is 16.9. The summed E-state index contributed by atoms with van der Waals surface area (Å²) in [6.45, 7) is 5.16. The van der Waals surface area contributed by atoms with Crippen molar-refractivity contribution in [2.24, 2.45) is 5.41 Å². The molecule has 0 saturated carbocycles. The van der Waals surface area contributed by atoms with Gasteiger partial charge >= 0.3 is 12.1 Å². The maximum absolute atomic E-state index is 14.9. The molecule has 10 nitrogen and oxygen atoms in total. The predicted molar refractivity (Wildman–Crippen MR) is 164 cm³/mol. The molecule has 2 aliphatic rings. The van der Waals surface area contributed by atoms with Crippen molar-refractivity contribution in [2.45, 2.75) is 51.4 Å². The molecule has 6 rings (SSSR count). The van der Waals surface area contributed by atoms with Crippen molar-refractivity contribution in [1.29, 1.82) is 0 Å². The average Bonchev–Trinajstić information content (AvgIpc) is 3.66. The van der Waals surface area contributed by atoms with Gasteiger partial charge in [0.15, 0.2) is 0 Å². The van der Waals surface area contributed by atoms with Crippen LogP contribution < -0.4 is 19.7 Å². The number of para-hydroxylation sites is 1. The molecule has 0 radical (unpaired) electrons. The molecule has 242 valence electrons. The first-order chi connectivity index (χ1) is 21.9. The molecule has 2 aromatic carbocycles. The molecule has 4 heterocycles. The number of alkyl halides is 3. The van der Waals surface area contributed by atoms with E-state index in [2.05, 4.69) is 20.4 Å². The maximum atomic E-state index is 14.9. The molecule has 0 aliphatic carbocycles. The fourth-order valence-electron chi connectivity index (χ4n) is 6.42. The minimum atomic E-state index is -4.80. The number of carbonyl (C=O) groups is 1. The molecule has 13 heteroatoms. The van der Waals surface area contributed by atoms with Crippen LogP contribution >= 0.6 is 0 Å². The highest BCUT2D eigenvalue weighted by Gasteiger charge is 2.46. The van der Waals surface area contributed by atoms with Crippen molar-refractivity contribution in [3.05, 3.63) is 77.9 Å². The minimum absolute atomic E-state index is 0.125. The van der Waals surface area contributed by atoms with Crippen LogP contribution in [-0.4, -0.2) is 69.8 Å². The first-order valence-electron chi connectivity index (χ1n) is 15.0. The number of aliphatic carboxylic acids is 1. The van der Waals surface area contributed by atoms with E-state index in [1.807, 2.05) is 23.1 Å². The van der Waals surface area contributed by atoms with Crippen molar-refractivity contribution in [2.75, 3.05) is 31.6 Å². The van der Waals surface area contributed by atoms with Gasteiger partial charge in [-0.05, 0) is 62.3 Å². The summed E-state index contributed by atoms with van der Waals surface area (Å²) >= 11 is 0. The number of nitrogens with one attached hydrogen (secondary N) is 1. The van der Waals surface area contributed by atoms with Crippen LogP contribution in [0.4, 0.5) is 19.0 Å². The van der Waals surface area contributed by atoms with Crippen LogP contribution in [0.2, 0.25) is 0 Å². The van der Waals surface area contributed by atoms with Crippen LogP contribution in [-0.2, 0) is 4.79 Å². The number of hydrogen-bond donors (Lipinski definition) is 2. The lowest BCUT2D eigenvalue weighted by Gasteiger charge is -2.39. The summed E-state index contributed by atoms with van der Waals surface area (Å²) < 4.78 is 57.3. The Kier molecular flexibility index (Phi) is 8.36. The topological polar surface area (TPSA) is 115 Å². The lowest BCUT2D eigenvalue weighted by atomic mass is 9.76. The van der Waals surface area contributed by atoms with E-state index in [4.69, 9.17) is 9.47 Å². The third-order valence-corrected chi connectivity index (χ3v) is 8.84. The standard InChI is InChI=1S/C33H35F3N6O4/c1-20-10-13-42(40-20)26-16-22(23-6-4-5-7-27(23)45-3)8-9-24(26)30(33(34,35)36)46-29-17-28(38-21(2)39-29)41-14-11-32(12-15-41)18-25(31(43)44)37-19-32/h4-10,13,16-17,25,30,37H,11-12,14-15,18-19H2,1-3H3,(H,43,44)/t25?,30-/m1/s1. The third kappa shape index (κ3) is 6.37. The molecule has 2 saturated heterocycles. The molecule has 2 aliphatic heterocycles. The number of halogens is 3. The van der Waals surface area contributed by atoms with Crippen molar-refractivity contribution in [1.82, 2.24) is 25.1 Å². The van der Waals surface area contributed by atoms with Crippen molar-refractivity contribution < 1.29 is 32.5 Å². The van der Waals surface area contributed by atoms with Crippen LogP contribution in [0.15, 0.2) is 60.8 Å². The molecule has 2 aromatic heterocycles. The van der Waals surface area contributed by atoms with E-state index in [0.717, 1.165) is 18.4 Å². The number of carboxylic acid groups (broad SMARTS) is 1. The van der Waals surface area contributed by atoms with E-state index in [0.29, 0.717) is 48.9 Å². The number of aryl methyl sites for hydroxylation is 2. The van der Waals surface area contributed by atoms with Gasteiger partial charge in [-0.2, -0.15) is 23.3 Å². The van der Waals surface area contributed by atoms with E-state index in [-0.39, 0.29) is 28.4 Å². The normalized spacial score (nSPS) is 18.5. The van der Waals surface area contributed by atoms with Crippen LogP contribution in [0.1, 0.15) is 42.4 Å². The molecular formula is C33H35F3N6O4. The Bertz CT molecular complexity index is 1730. The van der Waals surface area contributed by atoms with E-state index in [9.17, 15) is 23.1 Å². The Morgan fingerprint density at radius 2 is 1.85 bits per heavy atom. The first kappa shape index (κ1) is 31.3. The SMILES string of the molecule is COc1ccccc1-c1ccc([C@@H](Oc2cc(N3CCC4(CC3)CNC(C(=O)O)C4)nc(C)n2)C(F)(F)F)c(-n2ccc(C)n2)c1. The van der Waals surface area contributed by atoms with Gasteiger partial charge in [-0.3, -0.25) is 4.79 Å². The second-order valence-corrected chi connectivity index (χ2v) is 12.0. The van der Waals surface area contributed by atoms with Crippen LogP contribution in [0.5, 0.6) is 11.6 Å².